The number of rotatable bonds is 6. The summed E-state index contributed by atoms with van der Waals surface area (Å²) in [5.74, 6) is 0.505. The first-order valence-corrected chi connectivity index (χ1v) is 9.17. The summed E-state index contributed by atoms with van der Waals surface area (Å²) in [6, 6.07) is 5.66. The smallest absolute Gasteiger partial charge is 0.194 e. The Bertz CT molecular complexity index is 653. The summed E-state index contributed by atoms with van der Waals surface area (Å²) >= 11 is 0. The summed E-state index contributed by atoms with van der Waals surface area (Å²) in [6.07, 6.45) is 0.567. The third-order valence-electron chi connectivity index (χ3n) is 2.80. The molecule has 4 N–H and O–H groups in total. The minimum absolute atomic E-state index is 0.00787. The Labute approximate surface area is 118 Å². The molecule has 0 amide bonds. The van der Waals surface area contributed by atoms with Crippen molar-refractivity contribution in [3.8, 4) is 5.75 Å². The first-order valence-electron chi connectivity index (χ1n) is 5.67. The zero-order valence-electron chi connectivity index (χ0n) is 11.2. The minimum atomic E-state index is -3.84. The molecule has 0 aliphatic carbocycles. The molecule has 20 heavy (non-hydrogen) atoms. The van der Waals surface area contributed by atoms with E-state index < -0.39 is 30.4 Å². The molecule has 0 saturated heterocycles. The van der Waals surface area contributed by atoms with Crippen LogP contribution >= 0.6 is 0 Å². The van der Waals surface area contributed by atoms with E-state index in [9.17, 15) is 16.8 Å². The van der Waals surface area contributed by atoms with Crippen LogP contribution in [0, 0.1) is 0 Å². The summed E-state index contributed by atoms with van der Waals surface area (Å²) in [7, 11) is -5.92. The molecule has 0 aromatic heterocycles. The zero-order valence-corrected chi connectivity index (χ0v) is 12.8. The fraction of sp³-hybridized carbons (Fsp3) is 0.455. The second kappa shape index (κ2) is 6.08. The number of hydrogen-bond donors (Lipinski definition) is 2. The predicted molar refractivity (Wildman–Crippen MR) is 75.6 cm³/mol. The van der Waals surface area contributed by atoms with Crippen LogP contribution in [0.25, 0.3) is 0 Å². The van der Waals surface area contributed by atoms with Gasteiger partial charge in [-0.3, -0.25) is 0 Å². The molecule has 2 atom stereocenters. The first kappa shape index (κ1) is 16.9. The third kappa shape index (κ3) is 3.92. The lowest BCUT2D eigenvalue weighted by atomic mass is 10.3. The number of ether oxygens (including phenoxy) is 1. The van der Waals surface area contributed by atoms with Gasteiger partial charge < -0.3 is 16.2 Å². The maximum atomic E-state index is 12.2. The van der Waals surface area contributed by atoms with Crippen LogP contribution in [-0.2, 0) is 19.7 Å². The zero-order chi connectivity index (χ0) is 15.6. The van der Waals surface area contributed by atoms with Gasteiger partial charge in [-0.1, -0.05) is 0 Å². The highest BCUT2D eigenvalue weighted by atomic mass is 32.2. The summed E-state index contributed by atoms with van der Waals surface area (Å²) in [5, 5.41) is -2.70. The Morgan fingerprint density at radius 1 is 1.05 bits per heavy atom. The molecule has 0 aliphatic rings. The molecule has 7 nitrogen and oxygen atoms in total. The van der Waals surface area contributed by atoms with Gasteiger partial charge in [0.05, 0.1) is 12.0 Å². The average Bonchev–Trinajstić information content (AvgIpc) is 2.37. The number of benzene rings is 1. The van der Waals surface area contributed by atoms with Crippen LogP contribution in [-0.4, -0.2) is 40.9 Å². The molecule has 1 rings (SSSR count). The second-order valence-electron chi connectivity index (χ2n) is 4.36. The van der Waals surface area contributed by atoms with Crippen LogP contribution in [0.15, 0.2) is 29.2 Å². The van der Waals surface area contributed by atoms with Gasteiger partial charge in [0.1, 0.15) is 16.5 Å². The van der Waals surface area contributed by atoms with Crippen LogP contribution in [0.4, 0.5) is 0 Å². The van der Waals surface area contributed by atoms with Gasteiger partial charge in [0.25, 0.3) is 0 Å². The fourth-order valence-electron chi connectivity index (χ4n) is 1.47. The van der Waals surface area contributed by atoms with Crippen molar-refractivity contribution in [2.24, 2.45) is 11.5 Å². The molecule has 0 spiro atoms. The number of nitrogens with two attached hydrogens (primary N) is 2. The lowest BCUT2D eigenvalue weighted by Gasteiger charge is -2.16. The quantitative estimate of drug-likeness (QED) is 0.720. The number of methoxy groups -OCH3 is 1. The van der Waals surface area contributed by atoms with Crippen molar-refractivity contribution in [1.82, 2.24) is 0 Å². The fourth-order valence-corrected chi connectivity index (χ4v) is 3.48. The van der Waals surface area contributed by atoms with Crippen LogP contribution in [0.2, 0.25) is 0 Å². The molecule has 9 heteroatoms. The minimum Gasteiger partial charge on any atom is -0.497 e. The standard InChI is InChI=1S/C11H18N2O5S2/c1-18-8-3-5-9(6-4-8)20(16,17)11(13)7-10(12)19(2,14)15/h3-6,10-11H,7,12-13H2,1-2H3. The van der Waals surface area contributed by atoms with E-state index in [0.29, 0.717) is 5.75 Å². The molecular formula is C11H18N2O5S2. The molecule has 0 radical (unpaired) electrons. The maximum Gasteiger partial charge on any atom is 0.194 e. The monoisotopic (exact) mass is 322 g/mol. The second-order valence-corrected chi connectivity index (χ2v) is 8.79. The topological polar surface area (TPSA) is 130 Å². The molecule has 0 bridgehead atoms. The predicted octanol–water partition coefficient (Wildman–Crippen LogP) is -0.527. The summed E-state index contributed by atoms with van der Waals surface area (Å²) in [5.41, 5.74) is 11.0. The molecule has 1 aromatic rings. The molecule has 2 unspecified atom stereocenters. The number of hydrogen-bond acceptors (Lipinski definition) is 7. The summed E-state index contributed by atoms with van der Waals surface area (Å²) in [4.78, 5) is -0.00787. The Morgan fingerprint density at radius 2 is 1.55 bits per heavy atom. The molecule has 0 heterocycles. The largest absolute Gasteiger partial charge is 0.497 e. The molecule has 0 saturated carbocycles. The average molecular weight is 322 g/mol. The van der Waals surface area contributed by atoms with Crippen LogP contribution in [0.3, 0.4) is 0 Å². The van der Waals surface area contributed by atoms with Crippen LogP contribution in [0.5, 0.6) is 5.75 Å². The van der Waals surface area contributed by atoms with Gasteiger partial charge in [0, 0.05) is 12.7 Å². The number of sulfone groups is 2. The SMILES string of the molecule is COc1ccc(S(=O)(=O)C(N)CC(N)S(C)(=O)=O)cc1. The van der Waals surface area contributed by atoms with E-state index in [1.807, 2.05) is 0 Å². The molecule has 1 aromatic carbocycles. The van der Waals surface area contributed by atoms with Crippen molar-refractivity contribution < 1.29 is 21.6 Å². The van der Waals surface area contributed by atoms with Crippen molar-refractivity contribution in [3.05, 3.63) is 24.3 Å². The van der Waals surface area contributed by atoms with E-state index in [-0.39, 0.29) is 11.3 Å². The van der Waals surface area contributed by atoms with E-state index in [1.54, 1.807) is 0 Å². The van der Waals surface area contributed by atoms with Crippen molar-refractivity contribution in [1.29, 1.82) is 0 Å². The third-order valence-corrected chi connectivity index (χ3v) is 6.01. The van der Waals surface area contributed by atoms with Gasteiger partial charge >= 0.3 is 0 Å². The van der Waals surface area contributed by atoms with Gasteiger partial charge in [0.2, 0.25) is 0 Å². The van der Waals surface area contributed by atoms with Crippen molar-refractivity contribution in [2.75, 3.05) is 13.4 Å². The van der Waals surface area contributed by atoms with E-state index in [1.165, 1.54) is 31.4 Å². The van der Waals surface area contributed by atoms with Crippen molar-refractivity contribution >= 4 is 19.7 Å². The Balaban J connectivity index is 2.97. The Hall–Kier alpha value is -1.16. The Kier molecular flexibility index (Phi) is 5.14. The van der Waals surface area contributed by atoms with Crippen LogP contribution in [0.1, 0.15) is 6.42 Å². The normalized spacial score (nSPS) is 15.6. The molecule has 0 fully saturated rings. The van der Waals surface area contributed by atoms with Gasteiger partial charge in [-0.25, -0.2) is 16.8 Å². The highest BCUT2D eigenvalue weighted by molar-refractivity contribution is 7.92. The highest BCUT2D eigenvalue weighted by Crippen LogP contribution is 2.20. The Morgan fingerprint density at radius 3 is 1.95 bits per heavy atom. The first-order chi connectivity index (χ1) is 9.09. The van der Waals surface area contributed by atoms with Crippen molar-refractivity contribution in [3.63, 3.8) is 0 Å². The van der Waals surface area contributed by atoms with E-state index in [2.05, 4.69) is 0 Å². The van der Waals surface area contributed by atoms with E-state index in [4.69, 9.17) is 16.2 Å². The van der Waals surface area contributed by atoms with Gasteiger partial charge in [-0.15, -0.1) is 0 Å². The van der Waals surface area contributed by atoms with E-state index in [0.717, 1.165) is 6.26 Å². The summed E-state index contributed by atoms with van der Waals surface area (Å²) in [6.45, 7) is 0. The van der Waals surface area contributed by atoms with Crippen molar-refractivity contribution in [2.45, 2.75) is 22.1 Å². The molecule has 114 valence electrons. The van der Waals surface area contributed by atoms with E-state index >= 15 is 0 Å². The van der Waals surface area contributed by atoms with Gasteiger partial charge in [0.15, 0.2) is 19.7 Å². The lowest BCUT2D eigenvalue weighted by molar-refractivity contribution is 0.414. The van der Waals surface area contributed by atoms with Crippen LogP contribution < -0.4 is 16.2 Å². The van der Waals surface area contributed by atoms with Gasteiger partial charge in [-0.2, -0.15) is 0 Å². The maximum absolute atomic E-state index is 12.2. The van der Waals surface area contributed by atoms with Gasteiger partial charge in [-0.05, 0) is 24.3 Å². The molecule has 0 aliphatic heterocycles. The lowest BCUT2D eigenvalue weighted by Crippen LogP contribution is -2.40. The highest BCUT2D eigenvalue weighted by Gasteiger charge is 2.29. The summed E-state index contributed by atoms with van der Waals surface area (Å²) < 4.78 is 51.7. The molecular weight excluding hydrogens is 304 g/mol.